The highest BCUT2D eigenvalue weighted by Gasteiger charge is 2.21. The van der Waals surface area contributed by atoms with Gasteiger partial charge in [0.15, 0.2) is 6.61 Å². The van der Waals surface area contributed by atoms with Crippen molar-refractivity contribution in [3.8, 4) is 5.75 Å². The maximum Gasteiger partial charge on any atom is 0.264 e. The van der Waals surface area contributed by atoms with Crippen LogP contribution in [0.15, 0.2) is 47.4 Å². The van der Waals surface area contributed by atoms with Crippen LogP contribution >= 0.6 is 11.8 Å². The molecule has 120 valence electrons. The first-order valence-corrected chi connectivity index (χ1v) is 8.85. The Balaban J connectivity index is 1.73. The number of nitrogens with zero attached hydrogens (tertiary/aromatic N) is 1. The number of hydrogen-bond donors (Lipinski definition) is 0. The number of thioether (sulfide) groups is 1. The molecular weight excluding hydrogens is 306 g/mol. The van der Waals surface area contributed by atoms with Crippen molar-refractivity contribution in [1.82, 2.24) is 0 Å². The molecule has 0 fully saturated rings. The van der Waals surface area contributed by atoms with Gasteiger partial charge in [-0.25, -0.2) is 0 Å². The molecule has 0 unspecified atom stereocenters. The van der Waals surface area contributed by atoms with Crippen LogP contribution < -0.4 is 9.64 Å². The molecule has 1 amide bonds. The van der Waals surface area contributed by atoms with E-state index in [-0.39, 0.29) is 12.5 Å². The average Bonchev–Trinajstić information content (AvgIpc) is 2.74. The topological polar surface area (TPSA) is 29.5 Å². The molecule has 23 heavy (non-hydrogen) atoms. The minimum absolute atomic E-state index is 0.0131. The SMILES string of the molecule is Cc1cc(C)cc(OCC(=O)N2CCCSc3ccccc32)c1. The molecule has 0 saturated heterocycles. The van der Waals surface area contributed by atoms with E-state index in [1.165, 1.54) is 4.90 Å². The third-order valence-corrected chi connectivity index (χ3v) is 4.95. The Morgan fingerprint density at radius 3 is 2.70 bits per heavy atom. The molecule has 0 aliphatic carbocycles. The number of para-hydroxylation sites is 1. The van der Waals surface area contributed by atoms with Crippen LogP contribution in [-0.4, -0.2) is 24.8 Å². The van der Waals surface area contributed by atoms with E-state index in [0.717, 1.165) is 41.3 Å². The normalized spacial score (nSPS) is 14.1. The Hall–Kier alpha value is -1.94. The van der Waals surface area contributed by atoms with Crippen molar-refractivity contribution in [3.05, 3.63) is 53.6 Å². The van der Waals surface area contributed by atoms with Gasteiger partial charge in [-0.05, 0) is 61.4 Å². The number of ether oxygens (including phenoxy) is 1. The third kappa shape index (κ3) is 3.88. The first kappa shape index (κ1) is 15.9. The van der Waals surface area contributed by atoms with E-state index in [1.807, 2.05) is 60.8 Å². The predicted molar refractivity (Wildman–Crippen MR) is 95.5 cm³/mol. The average molecular weight is 327 g/mol. The highest BCUT2D eigenvalue weighted by Crippen LogP contribution is 2.33. The van der Waals surface area contributed by atoms with Crippen LogP contribution in [-0.2, 0) is 4.79 Å². The van der Waals surface area contributed by atoms with E-state index >= 15 is 0 Å². The fraction of sp³-hybridized carbons (Fsp3) is 0.316. The number of anilines is 1. The van der Waals surface area contributed by atoms with Crippen molar-refractivity contribution in [2.24, 2.45) is 0 Å². The van der Waals surface area contributed by atoms with Crippen molar-refractivity contribution in [2.45, 2.75) is 25.2 Å². The molecule has 2 aromatic rings. The number of rotatable bonds is 3. The van der Waals surface area contributed by atoms with Gasteiger partial charge in [0.25, 0.3) is 5.91 Å². The van der Waals surface area contributed by atoms with Gasteiger partial charge in [-0.3, -0.25) is 4.79 Å². The standard InChI is InChI=1S/C19H21NO2S/c1-14-10-15(2)12-16(11-14)22-13-19(21)20-8-5-9-23-18-7-4-3-6-17(18)20/h3-4,6-7,10-12H,5,8-9,13H2,1-2H3. The number of aryl methyl sites for hydroxylation is 2. The van der Waals surface area contributed by atoms with Crippen LogP contribution in [0.25, 0.3) is 0 Å². The van der Waals surface area contributed by atoms with Crippen LogP contribution in [0.1, 0.15) is 17.5 Å². The molecule has 1 heterocycles. The molecule has 2 aromatic carbocycles. The fourth-order valence-electron chi connectivity index (χ4n) is 2.83. The number of benzene rings is 2. The van der Waals surface area contributed by atoms with Gasteiger partial charge in [-0.2, -0.15) is 0 Å². The van der Waals surface area contributed by atoms with Gasteiger partial charge in [0.1, 0.15) is 5.75 Å². The summed E-state index contributed by atoms with van der Waals surface area (Å²) >= 11 is 1.81. The van der Waals surface area contributed by atoms with Crippen LogP contribution in [0.4, 0.5) is 5.69 Å². The van der Waals surface area contributed by atoms with Crippen molar-refractivity contribution in [2.75, 3.05) is 23.8 Å². The molecular formula is C19H21NO2S. The molecule has 0 spiro atoms. The second kappa shape index (κ2) is 7.09. The van der Waals surface area contributed by atoms with E-state index in [0.29, 0.717) is 0 Å². The van der Waals surface area contributed by atoms with Crippen LogP contribution in [0.3, 0.4) is 0 Å². The Labute approximate surface area is 141 Å². The Bertz CT molecular complexity index is 694. The number of amides is 1. The lowest BCUT2D eigenvalue weighted by molar-refractivity contribution is -0.120. The smallest absolute Gasteiger partial charge is 0.264 e. The summed E-state index contributed by atoms with van der Waals surface area (Å²) in [6.07, 6.45) is 0.995. The van der Waals surface area contributed by atoms with Gasteiger partial charge in [0.05, 0.1) is 5.69 Å². The second-order valence-electron chi connectivity index (χ2n) is 5.83. The minimum atomic E-state index is 0.0131. The van der Waals surface area contributed by atoms with Crippen LogP contribution in [0.5, 0.6) is 5.75 Å². The Morgan fingerprint density at radius 2 is 1.91 bits per heavy atom. The molecule has 3 rings (SSSR count). The summed E-state index contributed by atoms with van der Waals surface area (Å²) in [5, 5.41) is 0. The summed E-state index contributed by atoms with van der Waals surface area (Å²) in [5.41, 5.74) is 3.29. The summed E-state index contributed by atoms with van der Waals surface area (Å²) in [6.45, 7) is 4.88. The summed E-state index contributed by atoms with van der Waals surface area (Å²) in [6, 6.07) is 14.1. The third-order valence-electron chi connectivity index (χ3n) is 3.80. The molecule has 0 bridgehead atoms. The summed E-state index contributed by atoms with van der Waals surface area (Å²) in [7, 11) is 0. The lowest BCUT2D eigenvalue weighted by atomic mass is 10.1. The molecule has 1 aliphatic rings. The van der Waals surface area contributed by atoms with Crippen molar-refractivity contribution >= 4 is 23.4 Å². The van der Waals surface area contributed by atoms with Gasteiger partial charge >= 0.3 is 0 Å². The summed E-state index contributed by atoms with van der Waals surface area (Å²) in [5.74, 6) is 1.81. The highest BCUT2D eigenvalue weighted by molar-refractivity contribution is 7.99. The fourth-order valence-corrected chi connectivity index (χ4v) is 3.82. The Kier molecular flexibility index (Phi) is 4.91. The maximum absolute atomic E-state index is 12.6. The van der Waals surface area contributed by atoms with E-state index < -0.39 is 0 Å². The molecule has 1 aliphatic heterocycles. The number of carbonyl (C=O) groups is 1. The zero-order valence-corrected chi connectivity index (χ0v) is 14.4. The van der Waals surface area contributed by atoms with Crippen molar-refractivity contribution < 1.29 is 9.53 Å². The summed E-state index contributed by atoms with van der Waals surface area (Å²) in [4.78, 5) is 15.7. The van der Waals surface area contributed by atoms with E-state index in [4.69, 9.17) is 4.74 Å². The quantitative estimate of drug-likeness (QED) is 0.846. The van der Waals surface area contributed by atoms with E-state index in [2.05, 4.69) is 12.1 Å². The maximum atomic E-state index is 12.6. The molecule has 0 saturated carbocycles. The highest BCUT2D eigenvalue weighted by atomic mass is 32.2. The number of hydrogen-bond acceptors (Lipinski definition) is 3. The van der Waals surface area contributed by atoms with Crippen molar-refractivity contribution in [3.63, 3.8) is 0 Å². The lowest BCUT2D eigenvalue weighted by Gasteiger charge is -2.22. The zero-order chi connectivity index (χ0) is 16.2. The van der Waals surface area contributed by atoms with Gasteiger partial charge in [-0.15, -0.1) is 11.8 Å². The van der Waals surface area contributed by atoms with Gasteiger partial charge in [0, 0.05) is 11.4 Å². The molecule has 0 aromatic heterocycles. The lowest BCUT2D eigenvalue weighted by Crippen LogP contribution is -2.35. The monoisotopic (exact) mass is 327 g/mol. The van der Waals surface area contributed by atoms with Crippen LogP contribution in [0.2, 0.25) is 0 Å². The van der Waals surface area contributed by atoms with E-state index in [1.54, 1.807) is 0 Å². The number of fused-ring (bicyclic) bond motifs is 1. The molecule has 0 atom stereocenters. The second-order valence-corrected chi connectivity index (χ2v) is 6.96. The first-order chi connectivity index (χ1) is 11.1. The number of carbonyl (C=O) groups excluding carboxylic acids is 1. The van der Waals surface area contributed by atoms with Gasteiger partial charge in [0.2, 0.25) is 0 Å². The van der Waals surface area contributed by atoms with Crippen molar-refractivity contribution in [1.29, 1.82) is 0 Å². The molecule has 0 N–H and O–H groups in total. The molecule has 4 heteroatoms. The van der Waals surface area contributed by atoms with Gasteiger partial charge < -0.3 is 9.64 Å². The molecule has 3 nitrogen and oxygen atoms in total. The van der Waals surface area contributed by atoms with E-state index in [9.17, 15) is 4.79 Å². The summed E-state index contributed by atoms with van der Waals surface area (Å²) < 4.78 is 5.74. The van der Waals surface area contributed by atoms with Crippen LogP contribution in [0, 0.1) is 13.8 Å². The minimum Gasteiger partial charge on any atom is -0.484 e. The van der Waals surface area contributed by atoms with Gasteiger partial charge in [-0.1, -0.05) is 18.2 Å². The Morgan fingerprint density at radius 1 is 1.17 bits per heavy atom. The first-order valence-electron chi connectivity index (χ1n) is 7.87. The predicted octanol–water partition coefficient (Wildman–Crippen LogP) is 4.21. The zero-order valence-electron chi connectivity index (χ0n) is 13.5. The molecule has 0 radical (unpaired) electrons. The largest absolute Gasteiger partial charge is 0.484 e.